The second-order valence-corrected chi connectivity index (χ2v) is 9.32. The molecular weight excluding hydrogens is 444 g/mol. The molecule has 2 unspecified atom stereocenters. The summed E-state index contributed by atoms with van der Waals surface area (Å²) in [6.07, 6.45) is -0.229. The van der Waals surface area contributed by atoms with Gasteiger partial charge in [0.2, 0.25) is 5.91 Å². The molecule has 32 heavy (non-hydrogen) atoms. The van der Waals surface area contributed by atoms with E-state index in [1.165, 1.54) is 11.8 Å². The molecule has 0 bridgehead atoms. The highest BCUT2D eigenvalue weighted by atomic mass is 35.5. The predicted octanol–water partition coefficient (Wildman–Crippen LogP) is 6.11. The molecule has 2 N–H and O–H groups in total. The molecule has 2 atom stereocenters. The molecule has 1 saturated heterocycles. The first-order chi connectivity index (χ1) is 15.5. The average Bonchev–Trinajstić information content (AvgIpc) is 3.32. The zero-order valence-electron chi connectivity index (χ0n) is 16.9. The van der Waals surface area contributed by atoms with Gasteiger partial charge in [-0.25, -0.2) is 0 Å². The number of carbonyl (C=O) groups is 2. The first kappa shape index (κ1) is 20.7. The zero-order valence-corrected chi connectivity index (χ0v) is 18.4. The third kappa shape index (κ3) is 3.66. The van der Waals surface area contributed by atoms with Gasteiger partial charge in [0, 0.05) is 21.5 Å². The van der Waals surface area contributed by atoms with Crippen LogP contribution in [0, 0.1) is 0 Å². The van der Waals surface area contributed by atoms with E-state index in [1.807, 2.05) is 66.7 Å². The van der Waals surface area contributed by atoms with Gasteiger partial charge in [0.15, 0.2) is 0 Å². The minimum Gasteiger partial charge on any atom is -0.481 e. The van der Waals surface area contributed by atoms with Crippen LogP contribution in [0.4, 0.5) is 5.69 Å². The standard InChI is InChI=1S/C25H19ClN2O3S/c26-17-12-10-16(11-13-17)25-28(24(31)20(32-25)14-21(29)30)23-18-8-4-5-9-19(18)27-22(23)15-6-2-1-3-7-15/h1-13,20,25,27H,14H2,(H,29,30). The highest BCUT2D eigenvalue weighted by Gasteiger charge is 2.44. The van der Waals surface area contributed by atoms with E-state index in [0.717, 1.165) is 33.4 Å². The maximum Gasteiger partial charge on any atom is 0.305 e. The first-order valence-corrected chi connectivity index (χ1v) is 11.5. The van der Waals surface area contributed by atoms with Crippen LogP contribution < -0.4 is 4.90 Å². The maximum absolute atomic E-state index is 13.6. The second kappa shape index (κ2) is 8.37. The summed E-state index contributed by atoms with van der Waals surface area (Å²) < 4.78 is 0. The van der Waals surface area contributed by atoms with Crippen molar-refractivity contribution in [2.24, 2.45) is 0 Å². The molecule has 0 saturated carbocycles. The molecule has 1 aliphatic rings. The number of aromatic nitrogens is 1. The van der Waals surface area contributed by atoms with Crippen molar-refractivity contribution in [1.82, 2.24) is 4.98 Å². The Bertz CT molecular complexity index is 1300. The van der Waals surface area contributed by atoms with E-state index < -0.39 is 11.2 Å². The number of aliphatic carboxylic acids is 1. The van der Waals surface area contributed by atoms with Gasteiger partial charge in [-0.1, -0.05) is 72.3 Å². The summed E-state index contributed by atoms with van der Waals surface area (Å²) in [6, 6.07) is 25.0. The van der Waals surface area contributed by atoms with Crippen LogP contribution in [-0.2, 0) is 9.59 Å². The summed E-state index contributed by atoms with van der Waals surface area (Å²) in [6.45, 7) is 0. The zero-order chi connectivity index (χ0) is 22.2. The fourth-order valence-electron chi connectivity index (χ4n) is 4.11. The van der Waals surface area contributed by atoms with E-state index in [4.69, 9.17) is 11.6 Å². The summed E-state index contributed by atoms with van der Waals surface area (Å²) >= 11 is 7.46. The number of hydrogen-bond acceptors (Lipinski definition) is 3. The van der Waals surface area contributed by atoms with E-state index >= 15 is 0 Å². The Kier molecular flexibility index (Phi) is 5.41. The number of carboxylic acids is 1. The van der Waals surface area contributed by atoms with Gasteiger partial charge in [-0.3, -0.25) is 14.5 Å². The van der Waals surface area contributed by atoms with Gasteiger partial charge in [0.1, 0.15) is 5.37 Å². The van der Waals surface area contributed by atoms with E-state index in [1.54, 1.807) is 17.0 Å². The van der Waals surface area contributed by atoms with Crippen LogP contribution in [0.2, 0.25) is 5.02 Å². The maximum atomic E-state index is 13.6. The molecule has 0 spiro atoms. The number of hydrogen-bond donors (Lipinski definition) is 2. The summed E-state index contributed by atoms with van der Waals surface area (Å²) in [7, 11) is 0. The van der Waals surface area contributed by atoms with E-state index in [2.05, 4.69) is 4.98 Å². The van der Waals surface area contributed by atoms with Gasteiger partial charge in [-0.2, -0.15) is 0 Å². The van der Waals surface area contributed by atoms with Crippen molar-refractivity contribution < 1.29 is 14.7 Å². The fourth-order valence-corrected chi connectivity index (χ4v) is 5.66. The van der Waals surface area contributed by atoms with Crippen molar-refractivity contribution in [3.05, 3.63) is 89.4 Å². The number of nitrogens with one attached hydrogen (secondary N) is 1. The predicted molar refractivity (Wildman–Crippen MR) is 129 cm³/mol. The number of amides is 1. The summed E-state index contributed by atoms with van der Waals surface area (Å²) in [5, 5.41) is 9.87. The Morgan fingerprint density at radius 2 is 1.69 bits per heavy atom. The van der Waals surface area contributed by atoms with E-state index in [9.17, 15) is 14.7 Å². The van der Waals surface area contributed by atoms with Crippen molar-refractivity contribution in [1.29, 1.82) is 0 Å². The Hall–Kier alpha value is -3.22. The monoisotopic (exact) mass is 462 g/mol. The van der Waals surface area contributed by atoms with Crippen molar-refractivity contribution >= 4 is 51.8 Å². The van der Waals surface area contributed by atoms with Crippen molar-refractivity contribution in [2.75, 3.05) is 4.90 Å². The summed E-state index contributed by atoms with van der Waals surface area (Å²) in [5.74, 6) is -1.20. The molecule has 1 amide bonds. The molecular formula is C25H19ClN2O3S. The lowest BCUT2D eigenvalue weighted by molar-refractivity contribution is -0.138. The van der Waals surface area contributed by atoms with Gasteiger partial charge in [0.05, 0.1) is 23.1 Å². The average molecular weight is 463 g/mol. The van der Waals surface area contributed by atoms with Crippen LogP contribution in [-0.4, -0.2) is 27.2 Å². The topological polar surface area (TPSA) is 73.4 Å². The molecule has 4 aromatic rings. The van der Waals surface area contributed by atoms with Gasteiger partial charge in [-0.05, 0) is 23.8 Å². The lowest BCUT2D eigenvalue weighted by Gasteiger charge is -2.25. The van der Waals surface area contributed by atoms with Crippen LogP contribution in [0.25, 0.3) is 22.2 Å². The molecule has 160 valence electrons. The number of para-hydroxylation sites is 1. The number of carbonyl (C=O) groups excluding carboxylic acids is 1. The quantitative estimate of drug-likeness (QED) is 0.375. The largest absolute Gasteiger partial charge is 0.481 e. The van der Waals surface area contributed by atoms with Crippen LogP contribution in [0.15, 0.2) is 78.9 Å². The number of aromatic amines is 1. The van der Waals surface area contributed by atoms with Gasteiger partial charge in [0.25, 0.3) is 0 Å². The van der Waals surface area contributed by atoms with Crippen LogP contribution in [0.3, 0.4) is 0 Å². The molecule has 3 aromatic carbocycles. The normalized spacial score (nSPS) is 18.4. The molecule has 1 aliphatic heterocycles. The number of rotatable bonds is 5. The summed E-state index contributed by atoms with van der Waals surface area (Å²) in [5.41, 5.74) is 4.35. The van der Waals surface area contributed by atoms with Crippen LogP contribution >= 0.6 is 23.4 Å². The Labute approximate surface area is 194 Å². The Morgan fingerprint density at radius 3 is 2.41 bits per heavy atom. The lowest BCUT2D eigenvalue weighted by atomic mass is 10.1. The van der Waals surface area contributed by atoms with E-state index in [-0.39, 0.29) is 17.7 Å². The number of fused-ring (bicyclic) bond motifs is 1. The molecule has 5 nitrogen and oxygen atoms in total. The number of anilines is 1. The third-order valence-corrected chi connectivity index (χ3v) is 7.23. The third-order valence-electron chi connectivity index (χ3n) is 5.54. The van der Waals surface area contributed by atoms with Crippen molar-refractivity contribution in [3.8, 4) is 11.3 Å². The molecule has 0 aliphatic carbocycles. The molecule has 7 heteroatoms. The lowest BCUT2D eigenvalue weighted by Crippen LogP contribution is -2.32. The van der Waals surface area contributed by atoms with Crippen LogP contribution in [0.5, 0.6) is 0 Å². The highest BCUT2D eigenvalue weighted by Crippen LogP contribution is 2.51. The molecule has 2 heterocycles. The first-order valence-electron chi connectivity index (χ1n) is 10.1. The molecule has 0 radical (unpaired) electrons. The van der Waals surface area contributed by atoms with Crippen molar-refractivity contribution in [3.63, 3.8) is 0 Å². The number of benzene rings is 3. The smallest absolute Gasteiger partial charge is 0.305 e. The fraction of sp³-hybridized carbons (Fsp3) is 0.120. The van der Waals surface area contributed by atoms with Crippen molar-refractivity contribution in [2.45, 2.75) is 17.0 Å². The number of thioether (sulfide) groups is 1. The van der Waals surface area contributed by atoms with Gasteiger partial charge < -0.3 is 10.1 Å². The minimum absolute atomic E-state index is 0.209. The van der Waals surface area contributed by atoms with Gasteiger partial charge in [-0.15, -0.1) is 11.8 Å². The number of nitrogens with zero attached hydrogens (tertiary/aromatic N) is 1. The number of halogens is 1. The van der Waals surface area contributed by atoms with E-state index in [0.29, 0.717) is 5.02 Å². The molecule has 1 fully saturated rings. The summed E-state index contributed by atoms with van der Waals surface area (Å²) in [4.78, 5) is 30.3. The second-order valence-electron chi connectivity index (χ2n) is 7.59. The SMILES string of the molecule is O=C(O)CC1SC(c2ccc(Cl)cc2)N(c2c(-c3ccccc3)[nH]c3ccccc23)C1=O. The molecule has 1 aromatic heterocycles. The molecule has 5 rings (SSSR count). The number of carboxylic acid groups (broad SMARTS) is 1. The van der Waals surface area contributed by atoms with Crippen LogP contribution in [0.1, 0.15) is 17.4 Å². The minimum atomic E-state index is -0.991. The number of H-pyrrole nitrogens is 1. The Balaban J connectivity index is 1.72. The Morgan fingerprint density at radius 1 is 1.00 bits per heavy atom. The van der Waals surface area contributed by atoms with Gasteiger partial charge >= 0.3 is 5.97 Å². The highest BCUT2D eigenvalue weighted by molar-refractivity contribution is 8.01.